The summed E-state index contributed by atoms with van der Waals surface area (Å²) >= 11 is 1.48. The van der Waals surface area contributed by atoms with E-state index < -0.39 is 11.0 Å². The standard InChI is InChI=1S/C13H12N2O3S/c16-11-3-1-2-10-12(11)19-13(14-10)8-4-6-9(7-5-8)15(17)18/h4-7,11,16H,1-3H2. The fourth-order valence-corrected chi connectivity index (χ4v) is 3.38. The van der Waals surface area contributed by atoms with Gasteiger partial charge in [-0.2, -0.15) is 0 Å². The number of aliphatic hydroxyl groups is 1. The minimum absolute atomic E-state index is 0.0742. The van der Waals surface area contributed by atoms with Crippen LogP contribution in [0.15, 0.2) is 24.3 Å². The smallest absolute Gasteiger partial charge is 0.269 e. The van der Waals surface area contributed by atoms with E-state index in [9.17, 15) is 15.2 Å². The second kappa shape index (κ2) is 4.71. The van der Waals surface area contributed by atoms with Gasteiger partial charge in [0, 0.05) is 17.7 Å². The number of aliphatic hydroxyl groups excluding tert-OH is 1. The highest BCUT2D eigenvalue weighted by atomic mass is 32.1. The van der Waals surface area contributed by atoms with E-state index in [-0.39, 0.29) is 5.69 Å². The van der Waals surface area contributed by atoms with Crippen LogP contribution >= 0.6 is 11.3 Å². The summed E-state index contributed by atoms with van der Waals surface area (Å²) < 4.78 is 0. The van der Waals surface area contributed by atoms with Crippen LogP contribution < -0.4 is 0 Å². The zero-order chi connectivity index (χ0) is 13.4. The number of hydrogen-bond acceptors (Lipinski definition) is 5. The number of fused-ring (bicyclic) bond motifs is 1. The molecule has 98 valence electrons. The number of hydrogen-bond donors (Lipinski definition) is 1. The fourth-order valence-electron chi connectivity index (χ4n) is 2.25. The second-order valence-corrected chi connectivity index (χ2v) is 5.57. The molecule has 0 aliphatic heterocycles. The Morgan fingerprint density at radius 3 is 2.74 bits per heavy atom. The first-order valence-corrected chi connectivity index (χ1v) is 6.89. The number of non-ortho nitro benzene ring substituents is 1. The van der Waals surface area contributed by atoms with E-state index in [1.54, 1.807) is 12.1 Å². The topological polar surface area (TPSA) is 76.3 Å². The average molecular weight is 276 g/mol. The molecular formula is C13H12N2O3S. The molecule has 1 aliphatic carbocycles. The predicted molar refractivity (Wildman–Crippen MR) is 72.1 cm³/mol. The van der Waals surface area contributed by atoms with Gasteiger partial charge in [0.05, 0.1) is 21.6 Å². The lowest BCUT2D eigenvalue weighted by Gasteiger charge is -2.14. The van der Waals surface area contributed by atoms with E-state index >= 15 is 0 Å². The molecule has 1 N–H and O–H groups in total. The molecule has 2 aromatic rings. The summed E-state index contributed by atoms with van der Waals surface area (Å²) in [5.74, 6) is 0. The van der Waals surface area contributed by atoms with Gasteiger partial charge in [-0.15, -0.1) is 11.3 Å². The van der Waals surface area contributed by atoms with Gasteiger partial charge in [0.1, 0.15) is 5.01 Å². The molecule has 1 aliphatic rings. The van der Waals surface area contributed by atoms with Crippen LogP contribution in [0.2, 0.25) is 0 Å². The first-order valence-electron chi connectivity index (χ1n) is 6.07. The van der Waals surface area contributed by atoms with Crippen molar-refractivity contribution < 1.29 is 10.0 Å². The van der Waals surface area contributed by atoms with Gasteiger partial charge in [0.2, 0.25) is 0 Å². The normalized spacial score (nSPS) is 18.1. The van der Waals surface area contributed by atoms with Gasteiger partial charge < -0.3 is 5.11 Å². The highest BCUT2D eigenvalue weighted by Crippen LogP contribution is 2.37. The molecule has 1 heterocycles. The summed E-state index contributed by atoms with van der Waals surface area (Å²) in [6, 6.07) is 6.36. The molecule has 0 spiro atoms. The van der Waals surface area contributed by atoms with Crippen LogP contribution in [0.1, 0.15) is 29.5 Å². The lowest BCUT2D eigenvalue weighted by Crippen LogP contribution is -2.06. The molecule has 1 aromatic carbocycles. The Morgan fingerprint density at radius 1 is 1.37 bits per heavy atom. The average Bonchev–Trinajstić information content (AvgIpc) is 2.84. The van der Waals surface area contributed by atoms with Crippen molar-refractivity contribution in [3.8, 4) is 10.6 Å². The third-order valence-corrected chi connectivity index (χ3v) is 4.49. The summed E-state index contributed by atoms with van der Waals surface area (Å²) in [5.41, 5.74) is 1.90. The lowest BCUT2D eigenvalue weighted by molar-refractivity contribution is -0.384. The van der Waals surface area contributed by atoms with Gasteiger partial charge in [-0.05, 0) is 31.4 Å². The number of aromatic nitrogens is 1. The maximum Gasteiger partial charge on any atom is 0.269 e. The Hall–Kier alpha value is -1.79. The number of benzene rings is 1. The molecule has 19 heavy (non-hydrogen) atoms. The van der Waals surface area contributed by atoms with Crippen LogP contribution in [0, 0.1) is 10.1 Å². The van der Waals surface area contributed by atoms with Crippen molar-refractivity contribution in [3.63, 3.8) is 0 Å². The Balaban J connectivity index is 1.96. The highest BCUT2D eigenvalue weighted by molar-refractivity contribution is 7.15. The number of nitro benzene ring substituents is 1. The molecule has 0 radical (unpaired) electrons. The zero-order valence-corrected chi connectivity index (χ0v) is 10.9. The molecule has 3 rings (SSSR count). The predicted octanol–water partition coefficient (Wildman–Crippen LogP) is 3.09. The molecule has 0 fully saturated rings. The van der Waals surface area contributed by atoms with E-state index in [4.69, 9.17) is 0 Å². The van der Waals surface area contributed by atoms with Gasteiger partial charge in [0.15, 0.2) is 0 Å². The SMILES string of the molecule is O=[N+]([O-])c1ccc(-c2nc3c(s2)C(O)CCC3)cc1. The van der Waals surface area contributed by atoms with E-state index in [0.717, 1.165) is 40.4 Å². The van der Waals surface area contributed by atoms with Crippen LogP contribution in [-0.2, 0) is 6.42 Å². The molecule has 0 amide bonds. The zero-order valence-electron chi connectivity index (χ0n) is 10.1. The maximum atomic E-state index is 10.6. The number of nitro groups is 1. The number of nitrogens with zero attached hydrogens (tertiary/aromatic N) is 2. The molecule has 1 atom stereocenters. The van der Waals surface area contributed by atoms with Crippen molar-refractivity contribution in [2.24, 2.45) is 0 Å². The first kappa shape index (κ1) is 12.3. The molecule has 0 saturated carbocycles. The molecule has 6 heteroatoms. The number of rotatable bonds is 2. The Kier molecular flexibility index (Phi) is 3.04. The molecule has 1 aromatic heterocycles. The van der Waals surface area contributed by atoms with Crippen LogP contribution in [0.4, 0.5) is 5.69 Å². The third-order valence-electron chi connectivity index (χ3n) is 3.25. The minimum Gasteiger partial charge on any atom is -0.388 e. The van der Waals surface area contributed by atoms with E-state index in [0.29, 0.717) is 0 Å². The molecular weight excluding hydrogens is 264 g/mol. The van der Waals surface area contributed by atoms with Crippen molar-refractivity contribution in [2.75, 3.05) is 0 Å². The Morgan fingerprint density at radius 2 is 2.11 bits per heavy atom. The van der Waals surface area contributed by atoms with Crippen molar-refractivity contribution in [2.45, 2.75) is 25.4 Å². The number of aryl methyl sites for hydroxylation is 1. The minimum atomic E-state index is -0.416. The number of thiazole rings is 1. The Bertz CT molecular complexity index is 621. The third kappa shape index (κ3) is 2.24. The van der Waals surface area contributed by atoms with Crippen molar-refractivity contribution in [1.82, 2.24) is 4.98 Å². The van der Waals surface area contributed by atoms with Gasteiger partial charge in [0.25, 0.3) is 5.69 Å². The van der Waals surface area contributed by atoms with Crippen LogP contribution in [0.5, 0.6) is 0 Å². The van der Waals surface area contributed by atoms with Crippen LogP contribution in [-0.4, -0.2) is 15.0 Å². The van der Waals surface area contributed by atoms with E-state index in [1.807, 2.05) is 0 Å². The van der Waals surface area contributed by atoms with Gasteiger partial charge in [-0.25, -0.2) is 4.98 Å². The largest absolute Gasteiger partial charge is 0.388 e. The molecule has 5 nitrogen and oxygen atoms in total. The summed E-state index contributed by atoms with van der Waals surface area (Å²) in [6.45, 7) is 0. The summed E-state index contributed by atoms with van der Waals surface area (Å²) in [6.07, 6.45) is 2.23. The van der Waals surface area contributed by atoms with Crippen LogP contribution in [0.25, 0.3) is 10.6 Å². The van der Waals surface area contributed by atoms with Crippen LogP contribution in [0.3, 0.4) is 0 Å². The Labute approximate surface area is 113 Å². The van der Waals surface area contributed by atoms with Gasteiger partial charge in [-0.1, -0.05) is 0 Å². The fraction of sp³-hybridized carbons (Fsp3) is 0.308. The van der Waals surface area contributed by atoms with Gasteiger partial charge in [-0.3, -0.25) is 10.1 Å². The highest BCUT2D eigenvalue weighted by Gasteiger charge is 2.23. The van der Waals surface area contributed by atoms with Crippen molar-refractivity contribution in [1.29, 1.82) is 0 Å². The second-order valence-electron chi connectivity index (χ2n) is 4.54. The monoisotopic (exact) mass is 276 g/mol. The summed E-state index contributed by atoms with van der Waals surface area (Å²) in [7, 11) is 0. The van der Waals surface area contributed by atoms with E-state index in [2.05, 4.69) is 4.98 Å². The summed E-state index contributed by atoms with van der Waals surface area (Å²) in [5, 5.41) is 21.4. The molecule has 0 bridgehead atoms. The van der Waals surface area contributed by atoms with Crippen molar-refractivity contribution >= 4 is 17.0 Å². The lowest BCUT2D eigenvalue weighted by atomic mass is 10.0. The molecule has 1 unspecified atom stereocenters. The van der Waals surface area contributed by atoms with Gasteiger partial charge >= 0.3 is 0 Å². The quantitative estimate of drug-likeness (QED) is 0.675. The van der Waals surface area contributed by atoms with E-state index in [1.165, 1.54) is 23.5 Å². The van der Waals surface area contributed by atoms with Crippen molar-refractivity contribution in [3.05, 3.63) is 45.0 Å². The molecule has 0 saturated heterocycles. The summed E-state index contributed by atoms with van der Waals surface area (Å²) in [4.78, 5) is 15.7. The maximum absolute atomic E-state index is 10.6. The first-order chi connectivity index (χ1) is 9.15.